The fraction of sp³-hybridized carbons (Fsp3) is 0.368. The van der Waals surface area contributed by atoms with Gasteiger partial charge in [0.2, 0.25) is 0 Å². The molecule has 1 aromatic heterocycles. The first kappa shape index (κ1) is 16.6. The summed E-state index contributed by atoms with van der Waals surface area (Å²) in [4.78, 5) is 20.1. The Morgan fingerprint density at radius 2 is 2.04 bits per heavy atom. The Morgan fingerprint density at radius 1 is 1.29 bits per heavy atom. The number of hydrogen-bond donors (Lipinski definition) is 1. The topological polar surface area (TPSA) is 56.7 Å². The van der Waals surface area contributed by atoms with Crippen molar-refractivity contribution in [3.8, 4) is 0 Å². The van der Waals surface area contributed by atoms with Gasteiger partial charge < -0.3 is 5.11 Å². The van der Waals surface area contributed by atoms with E-state index in [9.17, 15) is 9.90 Å². The van der Waals surface area contributed by atoms with E-state index in [1.54, 1.807) is 18.3 Å². The van der Waals surface area contributed by atoms with Crippen LogP contribution in [0.3, 0.4) is 0 Å². The summed E-state index contributed by atoms with van der Waals surface area (Å²) in [6.07, 6.45) is 2.67. The first-order valence-corrected chi connectivity index (χ1v) is 8.17. The van der Waals surface area contributed by atoms with E-state index in [1.807, 2.05) is 7.05 Å². The Kier molecular flexibility index (Phi) is 4.92. The SMILES string of the molecule is CN(Cc1ncccc1C(=O)O)CC1Cc2ccccc2CN1C. The van der Waals surface area contributed by atoms with Crippen LogP contribution in [0.2, 0.25) is 0 Å². The number of carboxylic acid groups (broad SMARTS) is 1. The summed E-state index contributed by atoms with van der Waals surface area (Å²) in [6.45, 7) is 2.37. The molecule has 0 saturated heterocycles. The average Bonchev–Trinajstić information content (AvgIpc) is 2.55. The third kappa shape index (κ3) is 3.63. The maximum absolute atomic E-state index is 11.3. The zero-order valence-corrected chi connectivity index (χ0v) is 14.1. The average molecular weight is 325 g/mol. The van der Waals surface area contributed by atoms with E-state index < -0.39 is 5.97 Å². The van der Waals surface area contributed by atoms with Gasteiger partial charge in [0.15, 0.2) is 0 Å². The van der Waals surface area contributed by atoms with Crippen LogP contribution >= 0.6 is 0 Å². The van der Waals surface area contributed by atoms with Gasteiger partial charge in [0.1, 0.15) is 0 Å². The minimum atomic E-state index is -0.921. The Morgan fingerprint density at radius 3 is 2.79 bits per heavy atom. The first-order chi connectivity index (χ1) is 11.5. The van der Waals surface area contributed by atoms with Crippen LogP contribution in [-0.4, -0.2) is 52.5 Å². The van der Waals surface area contributed by atoms with E-state index in [4.69, 9.17) is 0 Å². The van der Waals surface area contributed by atoms with Gasteiger partial charge in [-0.15, -0.1) is 0 Å². The molecule has 0 spiro atoms. The van der Waals surface area contributed by atoms with Gasteiger partial charge in [0.25, 0.3) is 0 Å². The minimum Gasteiger partial charge on any atom is -0.478 e. The lowest BCUT2D eigenvalue weighted by molar-refractivity contribution is 0.0693. The second-order valence-electron chi connectivity index (χ2n) is 6.54. The van der Waals surface area contributed by atoms with Crippen molar-refractivity contribution in [2.75, 3.05) is 20.6 Å². The van der Waals surface area contributed by atoms with Gasteiger partial charge in [0.05, 0.1) is 11.3 Å². The van der Waals surface area contributed by atoms with Crippen LogP contribution in [-0.2, 0) is 19.5 Å². The van der Waals surface area contributed by atoms with Gasteiger partial charge in [0, 0.05) is 31.9 Å². The number of carboxylic acids is 1. The van der Waals surface area contributed by atoms with Crippen LogP contribution in [0.5, 0.6) is 0 Å². The van der Waals surface area contributed by atoms with Crippen LogP contribution in [0.4, 0.5) is 0 Å². The van der Waals surface area contributed by atoms with Crippen molar-refractivity contribution in [1.82, 2.24) is 14.8 Å². The second kappa shape index (κ2) is 7.11. The normalized spacial score (nSPS) is 17.7. The molecular formula is C19H23N3O2. The number of aromatic nitrogens is 1. The third-order valence-electron chi connectivity index (χ3n) is 4.68. The standard InChI is InChI=1S/C19H23N3O2/c1-21(13-18-17(19(23)24)8-5-9-20-18)12-16-10-14-6-3-4-7-15(14)11-22(16)2/h3-9,16H,10-13H2,1-2H3,(H,23,24). The van der Waals surface area contributed by atoms with Gasteiger partial charge in [-0.3, -0.25) is 14.8 Å². The van der Waals surface area contributed by atoms with Crippen molar-refractivity contribution in [3.05, 3.63) is 65.0 Å². The minimum absolute atomic E-state index is 0.284. The van der Waals surface area contributed by atoms with Gasteiger partial charge in [-0.25, -0.2) is 4.79 Å². The zero-order chi connectivity index (χ0) is 17.1. The molecule has 0 radical (unpaired) electrons. The van der Waals surface area contributed by atoms with Gasteiger partial charge >= 0.3 is 5.97 Å². The number of hydrogen-bond acceptors (Lipinski definition) is 4. The molecular weight excluding hydrogens is 302 g/mol. The third-order valence-corrected chi connectivity index (χ3v) is 4.68. The highest BCUT2D eigenvalue weighted by Crippen LogP contribution is 2.22. The van der Waals surface area contributed by atoms with E-state index in [0.717, 1.165) is 19.5 Å². The summed E-state index contributed by atoms with van der Waals surface area (Å²) in [5.74, 6) is -0.921. The monoisotopic (exact) mass is 325 g/mol. The van der Waals surface area contributed by atoms with Crippen molar-refractivity contribution in [3.63, 3.8) is 0 Å². The molecule has 24 heavy (non-hydrogen) atoms. The van der Waals surface area contributed by atoms with Crippen LogP contribution in [0.25, 0.3) is 0 Å². The molecule has 126 valence electrons. The highest BCUT2D eigenvalue weighted by atomic mass is 16.4. The van der Waals surface area contributed by atoms with E-state index in [0.29, 0.717) is 18.3 Å². The highest BCUT2D eigenvalue weighted by Gasteiger charge is 2.24. The van der Waals surface area contributed by atoms with Gasteiger partial charge in [-0.1, -0.05) is 24.3 Å². The molecule has 1 aromatic carbocycles. The predicted octanol–water partition coefficient (Wildman–Crippen LogP) is 2.27. The van der Waals surface area contributed by atoms with Crippen LogP contribution in [0.15, 0.2) is 42.6 Å². The Labute approximate surface area is 142 Å². The number of aromatic carboxylic acids is 1. The molecule has 1 atom stereocenters. The summed E-state index contributed by atoms with van der Waals surface area (Å²) in [6, 6.07) is 12.3. The number of nitrogens with zero attached hydrogens (tertiary/aromatic N) is 3. The summed E-state index contributed by atoms with van der Waals surface area (Å²) in [7, 11) is 4.17. The summed E-state index contributed by atoms with van der Waals surface area (Å²) in [5.41, 5.74) is 3.72. The molecule has 0 aliphatic carbocycles. The molecule has 0 saturated carbocycles. The quantitative estimate of drug-likeness (QED) is 0.914. The molecule has 1 aliphatic rings. The van der Waals surface area contributed by atoms with Crippen molar-refractivity contribution in [1.29, 1.82) is 0 Å². The molecule has 5 heteroatoms. The molecule has 1 N–H and O–H groups in total. The van der Waals surface area contributed by atoms with Crippen molar-refractivity contribution in [2.24, 2.45) is 0 Å². The van der Waals surface area contributed by atoms with Gasteiger partial charge in [-0.2, -0.15) is 0 Å². The molecule has 0 amide bonds. The number of benzene rings is 1. The van der Waals surface area contributed by atoms with Crippen LogP contribution in [0, 0.1) is 0 Å². The Balaban J connectivity index is 1.67. The lowest BCUT2D eigenvalue weighted by atomic mass is 9.94. The first-order valence-electron chi connectivity index (χ1n) is 8.17. The van der Waals surface area contributed by atoms with Crippen LogP contribution in [0.1, 0.15) is 27.2 Å². The predicted molar refractivity (Wildman–Crippen MR) is 92.9 cm³/mol. The zero-order valence-electron chi connectivity index (χ0n) is 14.1. The van der Waals surface area contributed by atoms with Crippen LogP contribution < -0.4 is 0 Å². The molecule has 1 unspecified atom stereocenters. The summed E-state index contributed by atoms with van der Waals surface area (Å²) < 4.78 is 0. The van der Waals surface area contributed by atoms with Crippen molar-refractivity contribution >= 4 is 5.97 Å². The molecule has 0 bridgehead atoms. The maximum Gasteiger partial charge on any atom is 0.337 e. The molecule has 3 rings (SSSR count). The maximum atomic E-state index is 11.3. The molecule has 5 nitrogen and oxygen atoms in total. The number of rotatable bonds is 5. The van der Waals surface area contributed by atoms with Crippen molar-refractivity contribution < 1.29 is 9.90 Å². The van der Waals surface area contributed by atoms with Gasteiger partial charge in [-0.05, 0) is 43.8 Å². The number of carbonyl (C=O) groups is 1. The van der Waals surface area contributed by atoms with E-state index in [1.165, 1.54) is 11.1 Å². The lowest BCUT2D eigenvalue weighted by Crippen LogP contribution is -2.44. The van der Waals surface area contributed by atoms with E-state index in [-0.39, 0.29) is 5.56 Å². The molecule has 2 aromatic rings. The molecule has 1 aliphatic heterocycles. The largest absolute Gasteiger partial charge is 0.478 e. The lowest BCUT2D eigenvalue weighted by Gasteiger charge is -2.36. The number of pyridine rings is 1. The number of fused-ring (bicyclic) bond motifs is 1. The Bertz CT molecular complexity index is 732. The molecule has 2 heterocycles. The Hall–Kier alpha value is -2.24. The second-order valence-corrected chi connectivity index (χ2v) is 6.54. The van der Waals surface area contributed by atoms with E-state index >= 15 is 0 Å². The van der Waals surface area contributed by atoms with Crippen molar-refractivity contribution in [2.45, 2.75) is 25.6 Å². The number of likely N-dealkylation sites (N-methyl/N-ethyl adjacent to an activating group) is 2. The smallest absolute Gasteiger partial charge is 0.337 e. The fourth-order valence-corrected chi connectivity index (χ4v) is 3.36. The summed E-state index contributed by atoms with van der Waals surface area (Å²) in [5, 5.41) is 9.28. The van der Waals surface area contributed by atoms with E-state index in [2.05, 4.69) is 46.1 Å². The summed E-state index contributed by atoms with van der Waals surface area (Å²) >= 11 is 0. The molecule has 0 fully saturated rings. The fourth-order valence-electron chi connectivity index (χ4n) is 3.36. The highest BCUT2D eigenvalue weighted by molar-refractivity contribution is 5.88.